The first-order valence-corrected chi connectivity index (χ1v) is 12.5. The highest BCUT2D eigenvalue weighted by atomic mass is 79.9. The number of halogens is 1. The lowest BCUT2D eigenvalue weighted by Crippen LogP contribution is -2.56. The molecule has 6 rings (SSSR count). The van der Waals surface area contributed by atoms with Crippen LogP contribution in [0.3, 0.4) is 0 Å². The molecule has 2 aliphatic carbocycles. The Morgan fingerprint density at radius 2 is 1.94 bits per heavy atom. The number of carbonyl (C=O) groups excluding carboxylic acids is 1. The minimum absolute atomic E-state index is 0.0904. The highest BCUT2D eigenvalue weighted by Gasteiger charge is 2.42. The number of H-pyrrole nitrogens is 1. The molecule has 2 saturated heterocycles. The molecule has 0 amide bonds. The van der Waals surface area contributed by atoms with Gasteiger partial charge in [0.15, 0.2) is 5.78 Å². The van der Waals surface area contributed by atoms with Gasteiger partial charge >= 0.3 is 0 Å². The SMILES string of the molecule is CC1(C)c2cc(N3CCN(C4COC4)CC3)c(Br)cc2C(=O)c2c1[nH]c1c2CCC(C#N)=C1. The number of ether oxygens (including phenoxy) is 1. The quantitative estimate of drug-likeness (QED) is 0.665. The Labute approximate surface area is 202 Å². The molecule has 4 aliphatic rings. The zero-order valence-corrected chi connectivity index (χ0v) is 20.6. The Bertz CT molecular complexity index is 1240. The number of nitrogens with one attached hydrogen (secondary N) is 1. The van der Waals surface area contributed by atoms with E-state index < -0.39 is 0 Å². The fourth-order valence-electron chi connectivity index (χ4n) is 5.80. The van der Waals surface area contributed by atoms with Crippen LogP contribution in [0, 0.1) is 11.3 Å². The molecule has 0 bridgehead atoms. The van der Waals surface area contributed by atoms with Crippen LogP contribution >= 0.6 is 15.9 Å². The minimum atomic E-state index is -0.336. The lowest BCUT2D eigenvalue weighted by atomic mass is 9.70. The van der Waals surface area contributed by atoms with Crippen molar-refractivity contribution in [2.45, 2.75) is 38.1 Å². The lowest BCUT2D eigenvalue weighted by molar-refractivity contribution is -0.0660. The zero-order valence-electron chi connectivity index (χ0n) is 19.0. The second-order valence-corrected chi connectivity index (χ2v) is 10.9. The van der Waals surface area contributed by atoms with Gasteiger partial charge < -0.3 is 14.6 Å². The predicted molar refractivity (Wildman–Crippen MR) is 131 cm³/mol. The van der Waals surface area contributed by atoms with E-state index in [1.54, 1.807) is 0 Å². The van der Waals surface area contributed by atoms with Crippen LogP contribution in [0.4, 0.5) is 5.69 Å². The number of benzene rings is 1. The molecule has 1 aromatic carbocycles. The van der Waals surface area contributed by atoms with E-state index in [-0.39, 0.29) is 11.2 Å². The summed E-state index contributed by atoms with van der Waals surface area (Å²) in [5.41, 5.74) is 7.21. The van der Waals surface area contributed by atoms with Crippen molar-refractivity contribution in [3.8, 4) is 6.07 Å². The number of aromatic nitrogens is 1. The summed E-state index contributed by atoms with van der Waals surface area (Å²) in [4.78, 5) is 22.2. The molecule has 1 N–H and O–H groups in total. The Morgan fingerprint density at radius 3 is 2.61 bits per heavy atom. The number of hydrogen-bond donors (Lipinski definition) is 1. The van der Waals surface area contributed by atoms with Crippen LogP contribution in [0.5, 0.6) is 0 Å². The first-order valence-electron chi connectivity index (χ1n) is 11.7. The molecule has 2 aromatic rings. The normalized spacial score (nSPS) is 22.1. The molecule has 0 atom stereocenters. The van der Waals surface area contributed by atoms with Crippen LogP contribution in [0.15, 0.2) is 22.2 Å². The molecule has 7 heteroatoms. The standard InChI is InChI=1S/C26H27BrN4O2/c1-26(2)19-11-22(31-7-5-30(6-8-31)16-13-33-14-16)20(27)10-18(19)24(32)23-17-4-3-15(12-28)9-21(17)29-25(23)26/h9-11,16,29H,3-8,13-14H2,1-2H3. The summed E-state index contributed by atoms with van der Waals surface area (Å²) >= 11 is 3.79. The van der Waals surface area contributed by atoms with E-state index in [9.17, 15) is 10.1 Å². The van der Waals surface area contributed by atoms with Crippen molar-refractivity contribution in [1.82, 2.24) is 9.88 Å². The molecule has 170 valence electrons. The molecule has 0 spiro atoms. The van der Waals surface area contributed by atoms with Crippen molar-refractivity contribution >= 4 is 33.5 Å². The summed E-state index contributed by atoms with van der Waals surface area (Å²) in [6, 6.07) is 7.10. The molecule has 6 nitrogen and oxygen atoms in total. The van der Waals surface area contributed by atoms with Gasteiger partial charge in [-0.1, -0.05) is 13.8 Å². The van der Waals surface area contributed by atoms with Crippen LogP contribution in [0.1, 0.15) is 58.7 Å². The van der Waals surface area contributed by atoms with Crippen LogP contribution < -0.4 is 4.90 Å². The van der Waals surface area contributed by atoms with E-state index in [1.807, 2.05) is 12.1 Å². The third-order valence-corrected chi connectivity index (χ3v) is 8.53. The van der Waals surface area contributed by atoms with Gasteiger partial charge in [0.25, 0.3) is 0 Å². The molecule has 0 saturated carbocycles. The van der Waals surface area contributed by atoms with Gasteiger partial charge in [-0.3, -0.25) is 9.69 Å². The summed E-state index contributed by atoms with van der Waals surface area (Å²) in [7, 11) is 0. The number of hydrogen-bond acceptors (Lipinski definition) is 5. The number of anilines is 1. The van der Waals surface area contributed by atoms with Gasteiger partial charge in [0.2, 0.25) is 0 Å². The number of nitrogens with zero attached hydrogens (tertiary/aromatic N) is 3. The number of fused-ring (bicyclic) bond motifs is 4. The molecule has 2 aliphatic heterocycles. The van der Waals surface area contributed by atoms with E-state index in [0.717, 1.165) is 95.2 Å². The Balaban J connectivity index is 1.38. The van der Waals surface area contributed by atoms with Crippen LogP contribution in [-0.2, 0) is 16.6 Å². The number of allylic oxidation sites excluding steroid dienone is 1. The van der Waals surface area contributed by atoms with E-state index in [4.69, 9.17) is 4.74 Å². The van der Waals surface area contributed by atoms with Crippen molar-refractivity contribution in [2.75, 3.05) is 44.3 Å². The van der Waals surface area contributed by atoms with Crippen LogP contribution in [-0.4, -0.2) is 61.1 Å². The highest BCUT2D eigenvalue weighted by molar-refractivity contribution is 9.10. The maximum Gasteiger partial charge on any atom is 0.195 e. The fourth-order valence-corrected chi connectivity index (χ4v) is 6.39. The zero-order chi connectivity index (χ0) is 22.9. The van der Waals surface area contributed by atoms with Gasteiger partial charge in [-0.05, 0) is 58.1 Å². The van der Waals surface area contributed by atoms with Crippen molar-refractivity contribution in [3.63, 3.8) is 0 Å². The number of aromatic amines is 1. The monoisotopic (exact) mass is 506 g/mol. The van der Waals surface area contributed by atoms with E-state index in [1.165, 1.54) is 0 Å². The summed E-state index contributed by atoms with van der Waals surface area (Å²) in [5, 5.41) is 9.35. The largest absolute Gasteiger partial charge is 0.378 e. The lowest BCUT2D eigenvalue weighted by Gasteiger charge is -2.43. The molecule has 2 fully saturated rings. The second-order valence-electron chi connectivity index (χ2n) is 10.1. The Kier molecular flexibility index (Phi) is 4.84. The van der Waals surface area contributed by atoms with Gasteiger partial charge in [0.05, 0.1) is 31.0 Å². The second kappa shape index (κ2) is 7.56. The van der Waals surface area contributed by atoms with Gasteiger partial charge in [0, 0.05) is 64.2 Å². The van der Waals surface area contributed by atoms with Crippen molar-refractivity contribution in [2.24, 2.45) is 0 Å². The van der Waals surface area contributed by atoms with Gasteiger partial charge in [-0.2, -0.15) is 5.26 Å². The van der Waals surface area contributed by atoms with E-state index in [0.29, 0.717) is 12.5 Å². The van der Waals surface area contributed by atoms with E-state index in [2.05, 4.69) is 56.7 Å². The molecular formula is C26H27BrN4O2. The summed E-state index contributed by atoms with van der Waals surface area (Å²) in [6.07, 6.45) is 3.34. The molecular weight excluding hydrogens is 480 g/mol. The van der Waals surface area contributed by atoms with Gasteiger partial charge in [0.1, 0.15) is 0 Å². The maximum absolute atomic E-state index is 13.7. The molecule has 0 unspecified atom stereocenters. The fraction of sp³-hybridized carbons (Fsp3) is 0.462. The third kappa shape index (κ3) is 3.15. The van der Waals surface area contributed by atoms with Crippen molar-refractivity contribution in [3.05, 3.63) is 55.8 Å². The third-order valence-electron chi connectivity index (χ3n) is 7.89. The number of piperazine rings is 1. The molecule has 0 radical (unpaired) electrons. The Morgan fingerprint density at radius 1 is 1.18 bits per heavy atom. The van der Waals surface area contributed by atoms with Gasteiger partial charge in [-0.25, -0.2) is 0 Å². The maximum atomic E-state index is 13.7. The van der Waals surface area contributed by atoms with Crippen molar-refractivity contribution in [1.29, 1.82) is 5.26 Å². The molecule has 3 heterocycles. The van der Waals surface area contributed by atoms with Crippen LogP contribution in [0.2, 0.25) is 0 Å². The topological polar surface area (TPSA) is 72.4 Å². The number of nitriles is 1. The number of rotatable bonds is 2. The number of ketones is 1. The predicted octanol–water partition coefficient (Wildman–Crippen LogP) is 4.02. The smallest absolute Gasteiger partial charge is 0.195 e. The summed E-state index contributed by atoms with van der Waals surface area (Å²) < 4.78 is 6.35. The van der Waals surface area contributed by atoms with Crippen LogP contribution in [0.25, 0.3) is 6.08 Å². The highest BCUT2D eigenvalue weighted by Crippen LogP contribution is 2.47. The summed E-state index contributed by atoms with van der Waals surface area (Å²) in [6.45, 7) is 10.1. The van der Waals surface area contributed by atoms with E-state index >= 15 is 0 Å². The first kappa shape index (κ1) is 21.2. The average molecular weight is 507 g/mol. The minimum Gasteiger partial charge on any atom is -0.378 e. The average Bonchev–Trinajstić information content (AvgIpc) is 3.17. The van der Waals surface area contributed by atoms with Gasteiger partial charge in [-0.15, -0.1) is 0 Å². The summed E-state index contributed by atoms with van der Waals surface area (Å²) in [5.74, 6) is 0.0904. The first-order chi connectivity index (χ1) is 15.9. The Hall–Kier alpha value is -2.40. The molecule has 1 aromatic heterocycles. The van der Waals surface area contributed by atoms with Crippen molar-refractivity contribution < 1.29 is 9.53 Å². The molecule has 33 heavy (non-hydrogen) atoms. The number of carbonyl (C=O) groups is 1.